The third-order valence-electron chi connectivity index (χ3n) is 6.48. The molecule has 0 aliphatic carbocycles. The molecule has 2 atom stereocenters. The predicted molar refractivity (Wildman–Crippen MR) is 119 cm³/mol. The van der Waals surface area contributed by atoms with Crippen LogP contribution >= 0.6 is 0 Å². The SMILES string of the molecule is COc1cc2c(cc1OC)N(C(C)=O)[C@](C)(OC(C)=O)N1c3cc4c(cc3CC[C@H]21)OCO4. The third kappa shape index (κ3) is 3.06. The predicted octanol–water partition coefficient (Wildman–Crippen LogP) is 3.53. The van der Waals surface area contributed by atoms with Crippen LogP contribution < -0.4 is 28.7 Å². The molecule has 2 aromatic carbocycles. The van der Waals surface area contributed by atoms with Gasteiger partial charge >= 0.3 is 5.97 Å². The van der Waals surface area contributed by atoms with E-state index in [4.69, 9.17) is 23.7 Å². The highest BCUT2D eigenvalue weighted by atomic mass is 16.7. The molecule has 9 nitrogen and oxygen atoms in total. The number of methoxy groups -OCH3 is 2. The zero-order valence-electron chi connectivity index (χ0n) is 19.3. The highest BCUT2D eigenvalue weighted by Gasteiger charge is 2.54. The van der Waals surface area contributed by atoms with Gasteiger partial charge in [0.15, 0.2) is 23.0 Å². The molecule has 0 spiro atoms. The molecule has 33 heavy (non-hydrogen) atoms. The lowest BCUT2D eigenvalue weighted by molar-refractivity contribution is -0.158. The van der Waals surface area contributed by atoms with Gasteiger partial charge in [-0.1, -0.05) is 0 Å². The molecule has 0 aromatic heterocycles. The van der Waals surface area contributed by atoms with Gasteiger partial charge in [-0.05, 0) is 30.5 Å². The van der Waals surface area contributed by atoms with E-state index in [9.17, 15) is 9.59 Å². The molecule has 0 unspecified atom stereocenters. The number of hydrogen-bond donors (Lipinski definition) is 0. The first-order valence-electron chi connectivity index (χ1n) is 10.8. The van der Waals surface area contributed by atoms with Gasteiger partial charge in [-0.3, -0.25) is 14.5 Å². The summed E-state index contributed by atoms with van der Waals surface area (Å²) in [5, 5.41) is 0. The van der Waals surface area contributed by atoms with Crippen LogP contribution in [0.25, 0.3) is 0 Å². The Morgan fingerprint density at radius 1 is 1.00 bits per heavy atom. The number of carbonyl (C=O) groups excluding carboxylic acids is 2. The van der Waals surface area contributed by atoms with E-state index in [2.05, 4.69) is 0 Å². The summed E-state index contributed by atoms with van der Waals surface area (Å²) in [5.74, 6) is 0.157. The number of rotatable bonds is 3. The second kappa shape index (κ2) is 7.47. The van der Waals surface area contributed by atoms with Crippen LogP contribution in [0.4, 0.5) is 11.4 Å². The fourth-order valence-corrected chi connectivity index (χ4v) is 5.30. The van der Waals surface area contributed by atoms with Crippen molar-refractivity contribution in [1.29, 1.82) is 0 Å². The average Bonchev–Trinajstić information content (AvgIpc) is 3.22. The van der Waals surface area contributed by atoms with Gasteiger partial charge in [0.2, 0.25) is 12.7 Å². The summed E-state index contributed by atoms with van der Waals surface area (Å²) in [5.41, 5.74) is 3.36. The fraction of sp³-hybridized carbons (Fsp3) is 0.417. The topological polar surface area (TPSA) is 86.8 Å². The van der Waals surface area contributed by atoms with Gasteiger partial charge in [-0.25, -0.2) is 0 Å². The molecule has 174 valence electrons. The molecule has 2 aromatic rings. The number of fused-ring (bicyclic) bond motifs is 6. The summed E-state index contributed by atoms with van der Waals surface area (Å²) in [6, 6.07) is 7.34. The number of benzene rings is 2. The Bertz CT molecular complexity index is 1160. The highest BCUT2D eigenvalue weighted by Crippen LogP contribution is 2.55. The molecule has 3 aliphatic heterocycles. The number of ether oxygens (including phenoxy) is 5. The van der Waals surface area contributed by atoms with E-state index in [1.54, 1.807) is 27.2 Å². The van der Waals surface area contributed by atoms with Crippen LogP contribution in [0.15, 0.2) is 24.3 Å². The Balaban J connectivity index is 1.79. The summed E-state index contributed by atoms with van der Waals surface area (Å²) in [6.07, 6.45) is 1.51. The smallest absolute Gasteiger partial charge is 0.306 e. The molecular formula is C24H26N2O7. The largest absolute Gasteiger partial charge is 0.493 e. The second-order valence-electron chi connectivity index (χ2n) is 8.41. The number of carbonyl (C=O) groups is 2. The van der Waals surface area contributed by atoms with E-state index in [0.29, 0.717) is 28.7 Å². The molecular weight excluding hydrogens is 428 g/mol. The van der Waals surface area contributed by atoms with Gasteiger partial charge in [-0.15, -0.1) is 0 Å². The summed E-state index contributed by atoms with van der Waals surface area (Å²) in [6.45, 7) is 4.69. The lowest BCUT2D eigenvalue weighted by atomic mass is 9.86. The van der Waals surface area contributed by atoms with Crippen molar-refractivity contribution in [3.63, 3.8) is 0 Å². The normalized spacial score (nSPS) is 22.2. The van der Waals surface area contributed by atoms with Crippen LogP contribution in [-0.2, 0) is 20.7 Å². The Hall–Kier alpha value is -3.62. The quantitative estimate of drug-likeness (QED) is 0.651. The maximum atomic E-state index is 13.1. The Morgan fingerprint density at radius 3 is 2.30 bits per heavy atom. The molecule has 0 saturated heterocycles. The number of anilines is 2. The van der Waals surface area contributed by atoms with Crippen LogP contribution in [0.5, 0.6) is 23.0 Å². The fourth-order valence-electron chi connectivity index (χ4n) is 5.30. The summed E-state index contributed by atoms with van der Waals surface area (Å²) < 4.78 is 28.2. The molecule has 9 heteroatoms. The minimum absolute atomic E-state index is 0.155. The van der Waals surface area contributed by atoms with Gasteiger partial charge in [0.25, 0.3) is 5.85 Å². The molecule has 0 radical (unpaired) electrons. The molecule has 0 saturated carbocycles. The summed E-state index contributed by atoms with van der Waals surface area (Å²) in [7, 11) is 3.12. The number of hydrogen-bond acceptors (Lipinski definition) is 8. The standard InChI is InChI=1S/C24H26N2O7/c1-13(27)25-19-11-21(30-5)20(29-4)9-16(19)17-7-6-15-8-22-23(32-12-31-22)10-18(15)26(17)24(25,3)33-14(2)28/h8-11,17H,6-7,12H2,1-5H3/t17-,24+/m1/s1. The lowest BCUT2D eigenvalue weighted by Crippen LogP contribution is -2.67. The van der Waals surface area contributed by atoms with Crippen LogP contribution in [-0.4, -0.2) is 38.7 Å². The average molecular weight is 454 g/mol. The van der Waals surface area contributed by atoms with Crippen molar-refractivity contribution in [3.8, 4) is 23.0 Å². The van der Waals surface area contributed by atoms with Crippen molar-refractivity contribution in [3.05, 3.63) is 35.4 Å². The van der Waals surface area contributed by atoms with E-state index in [1.165, 1.54) is 18.7 Å². The monoisotopic (exact) mass is 454 g/mol. The first-order chi connectivity index (χ1) is 15.8. The Morgan fingerprint density at radius 2 is 1.67 bits per heavy atom. The van der Waals surface area contributed by atoms with E-state index in [1.807, 2.05) is 23.1 Å². The molecule has 0 N–H and O–H groups in total. The molecule has 3 aliphatic rings. The molecule has 5 rings (SSSR count). The molecule has 3 heterocycles. The van der Waals surface area contributed by atoms with Crippen molar-refractivity contribution in [1.82, 2.24) is 0 Å². The zero-order chi connectivity index (χ0) is 23.5. The molecule has 1 amide bonds. The lowest BCUT2D eigenvalue weighted by Gasteiger charge is -2.56. The Labute approximate surface area is 191 Å². The van der Waals surface area contributed by atoms with Crippen LogP contribution in [0.3, 0.4) is 0 Å². The van der Waals surface area contributed by atoms with Crippen molar-refractivity contribution in [2.24, 2.45) is 0 Å². The number of esters is 1. The number of nitrogens with zero attached hydrogens (tertiary/aromatic N) is 2. The van der Waals surface area contributed by atoms with Crippen molar-refractivity contribution in [2.45, 2.75) is 45.5 Å². The van der Waals surface area contributed by atoms with Crippen molar-refractivity contribution in [2.75, 3.05) is 30.8 Å². The first kappa shape index (κ1) is 21.2. The maximum absolute atomic E-state index is 13.1. The number of aryl methyl sites for hydroxylation is 1. The number of amides is 1. The van der Waals surface area contributed by atoms with Gasteiger partial charge < -0.3 is 28.6 Å². The molecule has 0 bridgehead atoms. The highest BCUT2D eigenvalue weighted by molar-refractivity contribution is 5.97. The summed E-state index contributed by atoms with van der Waals surface area (Å²) >= 11 is 0. The van der Waals surface area contributed by atoms with Gasteiger partial charge in [0.1, 0.15) is 0 Å². The van der Waals surface area contributed by atoms with Crippen molar-refractivity contribution < 1.29 is 33.3 Å². The third-order valence-corrected chi connectivity index (χ3v) is 6.48. The Kier molecular flexibility index (Phi) is 4.81. The van der Waals surface area contributed by atoms with Gasteiger partial charge in [-0.2, -0.15) is 0 Å². The van der Waals surface area contributed by atoms with E-state index < -0.39 is 11.8 Å². The second-order valence-corrected chi connectivity index (χ2v) is 8.41. The van der Waals surface area contributed by atoms with Crippen LogP contribution in [0, 0.1) is 0 Å². The van der Waals surface area contributed by atoms with Crippen LogP contribution in [0.2, 0.25) is 0 Å². The molecule has 0 fully saturated rings. The zero-order valence-corrected chi connectivity index (χ0v) is 19.3. The summed E-state index contributed by atoms with van der Waals surface area (Å²) in [4.78, 5) is 28.9. The van der Waals surface area contributed by atoms with E-state index in [-0.39, 0.29) is 18.7 Å². The van der Waals surface area contributed by atoms with Crippen molar-refractivity contribution >= 4 is 23.3 Å². The van der Waals surface area contributed by atoms with Gasteiger partial charge in [0, 0.05) is 44.2 Å². The van der Waals surface area contributed by atoms with E-state index >= 15 is 0 Å². The minimum Gasteiger partial charge on any atom is -0.493 e. The first-order valence-corrected chi connectivity index (χ1v) is 10.8. The maximum Gasteiger partial charge on any atom is 0.306 e. The van der Waals surface area contributed by atoms with Gasteiger partial charge in [0.05, 0.1) is 25.9 Å². The minimum atomic E-state index is -1.42. The van der Waals surface area contributed by atoms with E-state index in [0.717, 1.165) is 29.7 Å². The van der Waals surface area contributed by atoms with Crippen LogP contribution in [0.1, 0.15) is 44.4 Å².